The molecule has 0 aliphatic rings. The van der Waals surface area contributed by atoms with Crippen molar-refractivity contribution in [1.29, 1.82) is 0 Å². The van der Waals surface area contributed by atoms with E-state index in [9.17, 15) is 5.11 Å². The monoisotopic (exact) mass is 245 g/mol. The van der Waals surface area contributed by atoms with Crippen LogP contribution in [0.5, 0.6) is 0 Å². The van der Waals surface area contributed by atoms with Crippen LogP contribution in [0, 0.1) is 5.92 Å². The summed E-state index contributed by atoms with van der Waals surface area (Å²) in [6.07, 6.45) is 3.36. The smallest absolute Gasteiger partial charge is 0.0610 e. The molecule has 104 valence electrons. The molecule has 0 amide bonds. The lowest BCUT2D eigenvalue weighted by atomic mass is 9.97. The van der Waals surface area contributed by atoms with Gasteiger partial charge in [-0.25, -0.2) is 0 Å². The first-order valence-electron chi connectivity index (χ1n) is 6.92. The van der Waals surface area contributed by atoms with E-state index >= 15 is 0 Å². The molecule has 3 nitrogen and oxygen atoms in total. The zero-order chi connectivity index (χ0) is 13.3. The summed E-state index contributed by atoms with van der Waals surface area (Å²) in [5.74, 6) is 0.567. The van der Waals surface area contributed by atoms with Gasteiger partial charge < -0.3 is 15.2 Å². The molecule has 0 saturated carbocycles. The summed E-state index contributed by atoms with van der Waals surface area (Å²) in [7, 11) is 0. The summed E-state index contributed by atoms with van der Waals surface area (Å²) in [6, 6.07) is 0. The van der Waals surface area contributed by atoms with Crippen LogP contribution in [0.25, 0.3) is 0 Å². The molecule has 0 aromatic carbocycles. The Labute approximate surface area is 107 Å². The van der Waals surface area contributed by atoms with Crippen LogP contribution in [0.1, 0.15) is 53.9 Å². The molecule has 2 N–H and O–H groups in total. The SMILES string of the molecule is CCCNC(C)(CO)CCCOC(C)C(C)C. The van der Waals surface area contributed by atoms with Crippen molar-refractivity contribution >= 4 is 0 Å². The molecule has 3 heteroatoms. The highest BCUT2D eigenvalue weighted by molar-refractivity contribution is 4.81. The van der Waals surface area contributed by atoms with E-state index in [2.05, 4.69) is 39.9 Å². The van der Waals surface area contributed by atoms with Crippen molar-refractivity contribution in [2.24, 2.45) is 5.92 Å². The standard InChI is InChI=1S/C14H31NO2/c1-6-9-15-14(5,11-16)8-7-10-17-13(4)12(2)3/h12-13,15-16H,6-11H2,1-5H3. The number of ether oxygens (including phenoxy) is 1. The maximum atomic E-state index is 9.41. The van der Waals surface area contributed by atoms with E-state index in [1.54, 1.807) is 0 Å². The van der Waals surface area contributed by atoms with E-state index < -0.39 is 0 Å². The quantitative estimate of drug-likeness (QED) is 0.581. The van der Waals surface area contributed by atoms with Gasteiger partial charge in [-0.05, 0) is 45.6 Å². The van der Waals surface area contributed by atoms with E-state index in [1.807, 2.05) is 0 Å². The second-order valence-electron chi connectivity index (χ2n) is 5.57. The van der Waals surface area contributed by atoms with Crippen molar-refractivity contribution < 1.29 is 9.84 Å². The molecule has 0 saturated heterocycles. The van der Waals surface area contributed by atoms with Gasteiger partial charge in [-0.1, -0.05) is 20.8 Å². The lowest BCUT2D eigenvalue weighted by molar-refractivity contribution is 0.0283. The molecule has 0 aliphatic carbocycles. The third-order valence-corrected chi connectivity index (χ3v) is 3.34. The highest BCUT2D eigenvalue weighted by Gasteiger charge is 2.21. The van der Waals surface area contributed by atoms with Crippen molar-refractivity contribution in [3.8, 4) is 0 Å². The minimum atomic E-state index is -0.152. The van der Waals surface area contributed by atoms with Gasteiger partial charge in [0.1, 0.15) is 0 Å². The predicted molar refractivity (Wildman–Crippen MR) is 73.3 cm³/mol. The van der Waals surface area contributed by atoms with Gasteiger partial charge in [0.05, 0.1) is 12.7 Å². The first kappa shape index (κ1) is 16.9. The fourth-order valence-electron chi connectivity index (χ4n) is 1.57. The summed E-state index contributed by atoms with van der Waals surface area (Å²) in [5.41, 5.74) is -0.152. The molecule has 2 atom stereocenters. The first-order valence-corrected chi connectivity index (χ1v) is 6.92. The van der Waals surface area contributed by atoms with Crippen molar-refractivity contribution in [2.45, 2.75) is 65.5 Å². The van der Waals surface area contributed by atoms with Crippen LogP contribution >= 0.6 is 0 Å². The van der Waals surface area contributed by atoms with E-state index in [0.29, 0.717) is 12.0 Å². The van der Waals surface area contributed by atoms with Crippen molar-refractivity contribution in [1.82, 2.24) is 5.32 Å². The van der Waals surface area contributed by atoms with Gasteiger partial charge >= 0.3 is 0 Å². The molecular formula is C14H31NO2. The van der Waals surface area contributed by atoms with Crippen molar-refractivity contribution in [2.75, 3.05) is 19.8 Å². The van der Waals surface area contributed by atoms with Gasteiger partial charge in [0.2, 0.25) is 0 Å². The maximum Gasteiger partial charge on any atom is 0.0610 e. The van der Waals surface area contributed by atoms with Crippen molar-refractivity contribution in [3.05, 3.63) is 0 Å². The Kier molecular flexibility index (Phi) is 8.83. The van der Waals surface area contributed by atoms with Crippen LogP contribution in [0.3, 0.4) is 0 Å². The van der Waals surface area contributed by atoms with Crippen LogP contribution in [0.4, 0.5) is 0 Å². The zero-order valence-electron chi connectivity index (χ0n) is 12.3. The molecule has 0 aliphatic heterocycles. The van der Waals surface area contributed by atoms with Crippen LogP contribution in [0.15, 0.2) is 0 Å². The number of rotatable bonds is 10. The van der Waals surface area contributed by atoms with E-state index in [1.165, 1.54) is 0 Å². The summed E-state index contributed by atoms with van der Waals surface area (Å²) in [4.78, 5) is 0. The van der Waals surface area contributed by atoms with Gasteiger partial charge in [0, 0.05) is 12.1 Å². The molecule has 0 aromatic heterocycles. The van der Waals surface area contributed by atoms with E-state index in [4.69, 9.17) is 4.74 Å². The lowest BCUT2D eigenvalue weighted by Gasteiger charge is -2.29. The minimum Gasteiger partial charge on any atom is -0.394 e. The highest BCUT2D eigenvalue weighted by atomic mass is 16.5. The fourth-order valence-corrected chi connectivity index (χ4v) is 1.57. The second-order valence-corrected chi connectivity index (χ2v) is 5.57. The van der Waals surface area contributed by atoms with Gasteiger partial charge in [-0.2, -0.15) is 0 Å². The minimum absolute atomic E-state index is 0.152. The Bertz CT molecular complexity index is 185. The normalized spacial score (nSPS) is 17.1. The first-order chi connectivity index (χ1) is 7.95. The summed E-state index contributed by atoms with van der Waals surface area (Å²) >= 11 is 0. The van der Waals surface area contributed by atoms with Crippen LogP contribution in [-0.4, -0.2) is 36.5 Å². The van der Waals surface area contributed by atoms with Crippen LogP contribution < -0.4 is 5.32 Å². The van der Waals surface area contributed by atoms with Crippen molar-refractivity contribution in [3.63, 3.8) is 0 Å². The third-order valence-electron chi connectivity index (χ3n) is 3.34. The van der Waals surface area contributed by atoms with Gasteiger partial charge in [0.15, 0.2) is 0 Å². The maximum absolute atomic E-state index is 9.41. The average molecular weight is 245 g/mol. The zero-order valence-corrected chi connectivity index (χ0v) is 12.3. The number of hydrogen-bond donors (Lipinski definition) is 2. The molecule has 17 heavy (non-hydrogen) atoms. The van der Waals surface area contributed by atoms with Crippen LogP contribution in [-0.2, 0) is 4.74 Å². The predicted octanol–water partition coefficient (Wildman–Crippen LogP) is 2.58. The average Bonchev–Trinajstić information content (AvgIpc) is 2.31. The molecule has 0 heterocycles. The Morgan fingerprint density at radius 1 is 1.29 bits per heavy atom. The molecule has 2 unspecified atom stereocenters. The van der Waals surface area contributed by atoms with E-state index in [-0.39, 0.29) is 12.1 Å². The Hall–Kier alpha value is -0.120. The lowest BCUT2D eigenvalue weighted by Crippen LogP contribution is -2.46. The molecule has 0 rings (SSSR count). The molecule has 0 spiro atoms. The molecule has 0 bridgehead atoms. The van der Waals surface area contributed by atoms with Crippen LogP contribution in [0.2, 0.25) is 0 Å². The Morgan fingerprint density at radius 3 is 2.41 bits per heavy atom. The Balaban J connectivity index is 3.76. The summed E-state index contributed by atoms with van der Waals surface area (Å²) in [5, 5.41) is 12.8. The topological polar surface area (TPSA) is 41.5 Å². The highest BCUT2D eigenvalue weighted by Crippen LogP contribution is 2.13. The molecule has 0 aromatic rings. The number of hydrogen-bond acceptors (Lipinski definition) is 3. The van der Waals surface area contributed by atoms with Gasteiger partial charge in [-0.15, -0.1) is 0 Å². The van der Waals surface area contributed by atoms with Gasteiger partial charge in [0.25, 0.3) is 0 Å². The fraction of sp³-hybridized carbons (Fsp3) is 1.00. The molecule has 0 radical (unpaired) electrons. The number of nitrogens with one attached hydrogen (secondary N) is 1. The Morgan fingerprint density at radius 2 is 1.94 bits per heavy atom. The number of aliphatic hydroxyl groups excluding tert-OH is 1. The largest absolute Gasteiger partial charge is 0.394 e. The summed E-state index contributed by atoms with van der Waals surface area (Å²) in [6.45, 7) is 12.6. The molecular weight excluding hydrogens is 214 g/mol. The second kappa shape index (κ2) is 8.90. The van der Waals surface area contributed by atoms with E-state index in [0.717, 1.165) is 32.4 Å². The molecule has 0 fully saturated rings. The third kappa shape index (κ3) is 7.74. The van der Waals surface area contributed by atoms with Gasteiger partial charge in [-0.3, -0.25) is 0 Å². The number of aliphatic hydroxyl groups is 1. The summed E-state index contributed by atoms with van der Waals surface area (Å²) < 4.78 is 5.74.